The summed E-state index contributed by atoms with van der Waals surface area (Å²) in [5, 5.41) is 11.5. The summed E-state index contributed by atoms with van der Waals surface area (Å²) in [6.45, 7) is 10.6. The van der Waals surface area contributed by atoms with Crippen LogP contribution < -0.4 is 4.74 Å². The molecule has 2 aromatic heterocycles. The van der Waals surface area contributed by atoms with Gasteiger partial charge >= 0.3 is 0 Å². The number of pyridine rings is 1. The molecule has 0 radical (unpaired) electrons. The van der Waals surface area contributed by atoms with Gasteiger partial charge in [-0.3, -0.25) is 9.59 Å². The first-order chi connectivity index (χ1) is 16.8. The maximum atomic E-state index is 13.3. The van der Waals surface area contributed by atoms with Crippen LogP contribution in [0.15, 0.2) is 48.2 Å². The molecule has 8 nitrogen and oxygen atoms in total. The SMILES string of the molecule is CCN(CC)CCN1C(=O)C(=O)C(=C(O)c2nc3c(C)cccn3c2C)C1c1ccc(OC)cc1. The lowest BCUT2D eigenvalue weighted by Gasteiger charge is -2.28. The maximum Gasteiger partial charge on any atom is 0.295 e. The highest BCUT2D eigenvalue weighted by molar-refractivity contribution is 6.46. The first-order valence-corrected chi connectivity index (χ1v) is 11.9. The van der Waals surface area contributed by atoms with Crippen LogP contribution >= 0.6 is 0 Å². The predicted octanol–water partition coefficient (Wildman–Crippen LogP) is 3.72. The van der Waals surface area contributed by atoms with Gasteiger partial charge in [0.1, 0.15) is 17.1 Å². The number of hydrogen-bond donors (Lipinski definition) is 1. The van der Waals surface area contributed by atoms with Crippen molar-refractivity contribution in [3.63, 3.8) is 0 Å². The van der Waals surface area contributed by atoms with Gasteiger partial charge in [-0.2, -0.15) is 0 Å². The van der Waals surface area contributed by atoms with Gasteiger partial charge in [0.25, 0.3) is 11.7 Å². The molecule has 3 heterocycles. The summed E-state index contributed by atoms with van der Waals surface area (Å²) in [4.78, 5) is 34.9. The van der Waals surface area contributed by atoms with Gasteiger partial charge in [0, 0.05) is 19.3 Å². The normalized spacial score (nSPS) is 17.7. The number of carbonyl (C=O) groups excluding carboxylic acids is 2. The number of hydrogen-bond acceptors (Lipinski definition) is 6. The zero-order valence-corrected chi connectivity index (χ0v) is 20.9. The Kier molecular flexibility index (Phi) is 6.93. The lowest BCUT2D eigenvalue weighted by molar-refractivity contribution is -0.140. The van der Waals surface area contributed by atoms with E-state index in [-0.39, 0.29) is 11.3 Å². The van der Waals surface area contributed by atoms with Crippen molar-refractivity contribution in [1.82, 2.24) is 19.2 Å². The Morgan fingerprint density at radius 3 is 2.40 bits per heavy atom. The van der Waals surface area contributed by atoms with Gasteiger partial charge in [0.2, 0.25) is 0 Å². The zero-order valence-electron chi connectivity index (χ0n) is 20.9. The van der Waals surface area contributed by atoms with E-state index in [0.29, 0.717) is 35.9 Å². The van der Waals surface area contributed by atoms with Gasteiger partial charge in [-0.15, -0.1) is 0 Å². The molecule has 1 unspecified atom stereocenters. The number of aliphatic hydroxyl groups excluding tert-OH is 1. The highest BCUT2D eigenvalue weighted by atomic mass is 16.5. The molecule has 1 saturated heterocycles. The number of methoxy groups -OCH3 is 1. The summed E-state index contributed by atoms with van der Waals surface area (Å²) in [5.41, 5.74) is 3.43. The standard InChI is InChI=1S/C27H32N4O4/c1-6-29(7-2)15-16-31-23(19-10-12-20(35-5)13-11-19)21(25(33)27(31)34)24(32)22-18(4)30-14-8-9-17(3)26(30)28-22/h8-14,23,32H,6-7,15-16H2,1-5H3. The molecule has 184 valence electrons. The molecule has 1 atom stereocenters. The quantitative estimate of drug-likeness (QED) is 0.303. The lowest BCUT2D eigenvalue weighted by Crippen LogP contribution is -2.38. The minimum absolute atomic E-state index is 0.0591. The lowest BCUT2D eigenvalue weighted by atomic mass is 9.96. The first-order valence-electron chi connectivity index (χ1n) is 11.9. The van der Waals surface area contributed by atoms with E-state index in [0.717, 1.165) is 24.2 Å². The van der Waals surface area contributed by atoms with E-state index in [1.165, 1.54) is 0 Å². The largest absolute Gasteiger partial charge is 0.505 e. The molecule has 0 aliphatic carbocycles. The van der Waals surface area contributed by atoms with Crippen molar-refractivity contribution < 1.29 is 19.4 Å². The number of carbonyl (C=O) groups is 2. The number of aliphatic hydroxyl groups is 1. The number of likely N-dealkylation sites (tertiary alicyclic amines) is 1. The highest BCUT2D eigenvalue weighted by Crippen LogP contribution is 2.40. The van der Waals surface area contributed by atoms with Gasteiger partial charge < -0.3 is 24.0 Å². The number of imidazole rings is 1. The number of fused-ring (bicyclic) bond motifs is 1. The van der Waals surface area contributed by atoms with Gasteiger partial charge in [-0.1, -0.05) is 32.0 Å². The third-order valence-corrected chi connectivity index (χ3v) is 6.83. The smallest absolute Gasteiger partial charge is 0.295 e. The summed E-state index contributed by atoms with van der Waals surface area (Å²) < 4.78 is 7.16. The van der Waals surface area contributed by atoms with E-state index in [2.05, 4.69) is 23.7 Å². The van der Waals surface area contributed by atoms with Crippen molar-refractivity contribution in [1.29, 1.82) is 0 Å². The topological polar surface area (TPSA) is 87.4 Å². The van der Waals surface area contributed by atoms with Crippen LogP contribution in [0.4, 0.5) is 0 Å². The fraction of sp³-hybridized carbons (Fsp3) is 0.370. The molecule has 0 spiro atoms. The number of likely N-dealkylation sites (N-methyl/N-ethyl adjacent to an activating group) is 1. The predicted molar refractivity (Wildman–Crippen MR) is 134 cm³/mol. The maximum absolute atomic E-state index is 13.3. The second-order valence-electron chi connectivity index (χ2n) is 8.72. The summed E-state index contributed by atoms with van der Waals surface area (Å²) in [6, 6.07) is 10.4. The second kappa shape index (κ2) is 9.92. The number of rotatable bonds is 8. The van der Waals surface area contributed by atoms with E-state index in [9.17, 15) is 14.7 Å². The van der Waals surface area contributed by atoms with Gasteiger partial charge in [0.05, 0.1) is 24.4 Å². The molecule has 0 saturated carbocycles. The van der Waals surface area contributed by atoms with E-state index in [1.54, 1.807) is 24.1 Å². The van der Waals surface area contributed by atoms with Crippen molar-refractivity contribution in [3.05, 3.63) is 70.7 Å². The molecule has 4 rings (SSSR count). The third-order valence-electron chi connectivity index (χ3n) is 6.83. The molecule has 1 aliphatic rings. The summed E-state index contributed by atoms with van der Waals surface area (Å²) in [7, 11) is 1.58. The summed E-state index contributed by atoms with van der Waals surface area (Å²) >= 11 is 0. The van der Waals surface area contributed by atoms with E-state index in [4.69, 9.17) is 4.74 Å². The van der Waals surface area contributed by atoms with Crippen molar-refractivity contribution >= 4 is 23.1 Å². The Bertz CT molecular complexity index is 1290. The monoisotopic (exact) mass is 476 g/mol. The number of benzene rings is 1. The number of ketones is 1. The van der Waals surface area contributed by atoms with Crippen LogP contribution in [0.25, 0.3) is 11.4 Å². The molecule has 1 amide bonds. The van der Waals surface area contributed by atoms with Crippen LogP contribution in [0, 0.1) is 13.8 Å². The zero-order chi connectivity index (χ0) is 25.3. The molecule has 0 bridgehead atoms. The van der Waals surface area contributed by atoms with Crippen LogP contribution in [0.3, 0.4) is 0 Å². The van der Waals surface area contributed by atoms with Crippen molar-refractivity contribution in [2.75, 3.05) is 33.3 Å². The Morgan fingerprint density at radius 1 is 1.11 bits per heavy atom. The van der Waals surface area contributed by atoms with Crippen molar-refractivity contribution in [3.8, 4) is 5.75 Å². The molecule has 1 fully saturated rings. The Labute approximate surface area is 205 Å². The molecule has 8 heteroatoms. The third kappa shape index (κ3) is 4.30. The molecule has 1 aromatic carbocycles. The number of ether oxygens (including phenoxy) is 1. The first kappa shape index (κ1) is 24.5. The van der Waals surface area contributed by atoms with Gasteiger partial charge in [-0.25, -0.2) is 4.98 Å². The Hall–Kier alpha value is -3.65. The molecular formula is C27H32N4O4. The van der Waals surface area contributed by atoms with Crippen LogP contribution in [-0.4, -0.2) is 69.3 Å². The van der Waals surface area contributed by atoms with Crippen LogP contribution in [0.2, 0.25) is 0 Å². The number of nitrogens with zero attached hydrogens (tertiary/aromatic N) is 4. The Balaban J connectivity index is 1.86. The fourth-order valence-electron chi connectivity index (χ4n) is 4.71. The molecule has 1 N–H and O–H groups in total. The minimum atomic E-state index is -0.721. The van der Waals surface area contributed by atoms with E-state index < -0.39 is 17.7 Å². The van der Waals surface area contributed by atoms with E-state index >= 15 is 0 Å². The van der Waals surface area contributed by atoms with E-state index in [1.807, 2.05) is 48.7 Å². The van der Waals surface area contributed by atoms with Gasteiger partial charge in [-0.05, 0) is 56.3 Å². The molecule has 35 heavy (non-hydrogen) atoms. The number of aryl methyl sites for hydroxylation is 2. The summed E-state index contributed by atoms with van der Waals surface area (Å²) in [6.07, 6.45) is 1.87. The van der Waals surface area contributed by atoms with Crippen molar-refractivity contribution in [2.45, 2.75) is 33.7 Å². The molecule has 3 aromatic rings. The van der Waals surface area contributed by atoms with Crippen LogP contribution in [0.1, 0.15) is 42.4 Å². The second-order valence-corrected chi connectivity index (χ2v) is 8.72. The number of amides is 1. The van der Waals surface area contributed by atoms with Crippen LogP contribution in [-0.2, 0) is 9.59 Å². The average Bonchev–Trinajstić information content (AvgIpc) is 3.34. The number of aromatic nitrogens is 2. The minimum Gasteiger partial charge on any atom is -0.505 e. The van der Waals surface area contributed by atoms with Crippen molar-refractivity contribution in [2.24, 2.45) is 0 Å². The van der Waals surface area contributed by atoms with Gasteiger partial charge in [0.15, 0.2) is 5.76 Å². The highest BCUT2D eigenvalue weighted by Gasteiger charge is 2.46. The molecule has 1 aliphatic heterocycles. The summed E-state index contributed by atoms with van der Waals surface area (Å²) in [5.74, 6) is -0.899. The fourth-order valence-corrected chi connectivity index (χ4v) is 4.71. The average molecular weight is 477 g/mol. The Morgan fingerprint density at radius 2 is 1.80 bits per heavy atom. The van der Waals surface area contributed by atoms with Crippen LogP contribution in [0.5, 0.6) is 5.75 Å². The number of Topliss-reactive ketones (excluding diaryl/α,β-unsaturated/α-hetero) is 1. The molecular weight excluding hydrogens is 444 g/mol.